The van der Waals surface area contributed by atoms with E-state index >= 15 is 0 Å². The number of amides is 4. The molecule has 0 spiro atoms. The van der Waals surface area contributed by atoms with E-state index in [0.29, 0.717) is 11.4 Å². The van der Waals surface area contributed by atoms with Crippen LogP contribution in [0.4, 0.5) is 16.2 Å². The molecule has 0 aliphatic carbocycles. The predicted molar refractivity (Wildman–Crippen MR) is 91.3 cm³/mol. The quantitative estimate of drug-likeness (QED) is 0.517. The standard InChI is InChI=1S/C14H21N5O3.ClH/c1-8(2)12(15)13(21)17-7-11(20)18-9-4-3-5-10(6-9)19-14(16)22;/h3-6,8,12H,7,15H2,1-2H3,(H,17,21)(H,18,20)(H3,16,19,22);1H/t12-;/m0./s1. The lowest BCUT2D eigenvalue weighted by Crippen LogP contribution is -2.46. The molecule has 0 unspecified atom stereocenters. The fourth-order valence-electron chi connectivity index (χ4n) is 1.61. The monoisotopic (exact) mass is 343 g/mol. The summed E-state index contributed by atoms with van der Waals surface area (Å²) in [7, 11) is 0. The second-order valence-corrected chi connectivity index (χ2v) is 5.11. The van der Waals surface area contributed by atoms with E-state index in [1.807, 2.05) is 13.8 Å². The zero-order chi connectivity index (χ0) is 16.7. The molecule has 0 fully saturated rings. The molecule has 1 rings (SSSR count). The lowest BCUT2D eigenvalue weighted by molar-refractivity contribution is -0.125. The average Bonchev–Trinajstić information content (AvgIpc) is 2.43. The maximum absolute atomic E-state index is 11.8. The maximum Gasteiger partial charge on any atom is 0.316 e. The number of nitrogens with one attached hydrogen (secondary N) is 3. The second kappa shape index (κ2) is 9.65. The molecule has 1 atom stereocenters. The second-order valence-electron chi connectivity index (χ2n) is 5.11. The van der Waals surface area contributed by atoms with Crippen LogP contribution in [0.1, 0.15) is 13.8 Å². The summed E-state index contributed by atoms with van der Waals surface area (Å²) in [6.07, 6.45) is 0. The van der Waals surface area contributed by atoms with Crippen molar-refractivity contribution in [2.45, 2.75) is 19.9 Å². The molecule has 0 radical (unpaired) electrons. The summed E-state index contributed by atoms with van der Waals surface area (Å²) in [4.78, 5) is 34.2. The first-order valence-electron chi connectivity index (χ1n) is 6.79. The van der Waals surface area contributed by atoms with Gasteiger partial charge in [-0.2, -0.15) is 0 Å². The van der Waals surface area contributed by atoms with Crippen LogP contribution in [-0.2, 0) is 9.59 Å². The van der Waals surface area contributed by atoms with Crippen molar-refractivity contribution < 1.29 is 14.4 Å². The number of rotatable bonds is 6. The summed E-state index contributed by atoms with van der Waals surface area (Å²) in [5.41, 5.74) is 11.6. The SMILES string of the molecule is CC(C)[C@H](N)C(=O)NCC(=O)Nc1cccc(NC(N)=O)c1.Cl. The molecule has 9 heteroatoms. The molecule has 0 saturated carbocycles. The number of benzene rings is 1. The Morgan fingerprint density at radius 2 is 1.70 bits per heavy atom. The minimum atomic E-state index is -0.696. The van der Waals surface area contributed by atoms with Crippen LogP contribution < -0.4 is 27.4 Å². The zero-order valence-corrected chi connectivity index (χ0v) is 13.8. The number of hydrogen-bond acceptors (Lipinski definition) is 4. The van der Waals surface area contributed by atoms with Crippen LogP contribution in [0.3, 0.4) is 0 Å². The molecule has 7 N–H and O–H groups in total. The molecule has 0 heterocycles. The minimum Gasteiger partial charge on any atom is -0.351 e. The van der Waals surface area contributed by atoms with Crippen molar-refractivity contribution in [2.24, 2.45) is 17.4 Å². The highest BCUT2D eigenvalue weighted by Crippen LogP contribution is 2.14. The number of urea groups is 1. The van der Waals surface area contributed by atoms with Crippen molar-refractivity contribution in [3.63, 3.8) is 0 Å². The van der Waals surface area contributed by atoms with Gasteiger partial charge < -0.3 is 27.4 Å². The van der Waals surface area contributed by atoms with Gasteiger partial charge in [0.15, 0.2) is 0 Å². The molecule has 0 saturated heterocycles. The molecule has 0 aliphatic rings. The number of carbonyl (C=O) groups is 3. The van der Waals surface area contributed by atoms with Gasteiger partial charge in [-0.25, -0.2) is 4.79 Å². The van der Waals surface area contributed by atoms with Crippen molar-refractivity contribution in [1.82, 2.24) is 5.32 Å². The highest BCUT2D eigenvalue weighted by Gasteiger charge is 2.17. The van der Waals surface area contributed by atoms with Gasteiger partial charge in [-0.05, 0) is 24.1 Å². The molecular weight excluding hydrogens is 322 g/mol. The van der Waals surface area contributed by atoms with Gasteiger partial charge in [-0.3, -0.25) is 9.59 Å². The molecule has 1 aromatic rings. The van der Waals surface area contributed by atoms with Crippen molar-refractivity contribution in [1.29, 1.82) is 0 Å². The maximum atomic E-state index is 11.8. The summed E-state index contributed by atoms with van der Waals surface area (Å²) in [6.45, 7) is 3.45. The Balaban J connectivity index is 0.00000484. The van der Waals surface area contributed by atoms with E-state index in [4.69, 9.17) is 11.5 Å². The third-order valence-corrected chi connectivity index (χ3v) is 2.86. The molecule has 128 valence electrons. The lowest BCUT2D eigenvalue weighted by Gasteiger charge is -2.15. The van der Waals surface area contributed by atoms with Gasteiger partial charge in [-0.15, -0.1) is 12.4 Å². The molecule has 23 heavy (non-hydrogen) atoms. The molecule has 8 nitrogen and oxygen atoms in total. The van der Waals surface area contributed by atoms with E-state index in [-0.39, 0.29) is 30.8 Å². The van der Waals surface area contributed by atoms with Gasteiger partial charge in [0.25, 0.3) is 0 Å². The summed E-state index contributed by atoms with van der Waals surface area (Å²) < 4.78 is 0. The van der Waals surface area contributed by atoms with Crippen molar-refractivity contribution >= 4 is 41.6 Å². The normalized spacial score (nSPS) is 11.1. The summed E-state index contributed by atoms with van der Waals surface area (Å²) in [6, 6.07) is 5.11. The van der Waals surface area contributed by atoms with E-state index < -0.39 is 18.0 Å². The van der Waals surface area contributed by atoms with Gasteiger partial charge in [0, 0.05) is 11.4 Å². The Morgan fingerprint density at radius 3 is 2.22 bits per heavy atom. The largest absolute Gasteiger partial charge is 0.351 e. The third-order valence-electron chi connectivity index (χ3n) is 2.86. The van der Waals surface area contributed by atoms with Crippen LogP contribution in [0.15, 0.2) is 24.3 Å². The van der Waals surface area contributed by atoms with Crippen LogP contribution in [0, 0.1) is 5.92 Å². The van der Waals surface area contributed by atoms with Gasteiger partial charge in [0.2, 0.25) is 11.8 Å². The van der Waals surface area contributed by atoms with Crippen molar-refractivity contribution in [3.8, 4) is 0 Å². The smallest absolute Gasteiger partial charge is 0.316 e. The zero-order valence-electron chi connectivity index (χ0n) is 13.0. The minimum absolute atomic E-state index is 0. The first kappa shape index (κ1) is 20.7. The van der Waals surface area contributed by atoms with Crippen molar-refractivity contribution in [3.05, 3.63) is 24.3 Å². The van der Waals surface area contributed by atoms with Gasteiger partial charge in [-0.1, -0.05) is 19.9 Å². The first-order chi connectivity index (χ1) is 10.3. The van der Waals surface area contributed by atoms with Crippen LogP contribution in [-0.4, -0.2) is 30.4 Å². The topological polar surface area (TPSA) is 139 Å². The van der Waals surface area contributed by atoms with Crippen LogP contribution in [0.2, 0.25) is 0 Å². The number of primary amides is 1. The van der Waals surface area contributed by atoms with Gasteiger partial charge >= 0.3 is 6.03 Å². The number of anilines is 2. The number of hydrogen-bond donors (Lipinski definition) is 5. The van der Waals surface area contributed by atoms with Crippen LogP contribution in [0.5, 0.6) is 0 Å². The predicted octanol–water partition coefficient (Wildman–Crippen LogP) is 0.637. The number of carbonyl (C=O) groups excluding carboxylic acids is 3. The highest BCUT2D eigenvalue weighted by molar-refractivity contribution is 5.96. The number of nitrogens with two attached hydrogens (primary N) is 2. The van der Waals surface area contributed by atoms with E-state index in [9.17, 15) is 14.4 Å². The Kier molecular flexibility index (Phi) is 8.67. The van der Waals surface area contributed by atoms with E-state index in [0.717, 1.165) is 0 Å². The fourth-order valence-corrected chi connectivity index (χ4v) is 1.61. The lowest BCUT2D eigenvalue weighted by atomic mass is 10.1. The van der Waals surface area contributed by atoms with Gasteiger partial charge in [0.05, 0.1) is 12.6 Å². The Bertz CT molecular complexity index is 565. The van der Waals surface area contributed by atoms with E-state index in [1.165, 1.54) is 0 Å². The molecule has 0 bridgehead atoms. The number of halogens is 1. The Morgan fingerprint density at radius 1 is 1.13 bits per heavy atom. The Hall–Kier alpha value is -2.32. The van der Waals surface area contributed by atoms with E-state index in [2.05, 4.69) is 16.0 Å². The summed E-state index contributed by atoms with van der Waals surface area (Å²) in [5.74, 6) is -0.797. The van der Waals surface area contributed by atoms with Crippen molar-refractivity contribution in [2.75, 3.05) is 17.2 Å². The molecule has 0 aliphatic heterocycles. The van der Waals surface area contributed by atoms with Gasteiger partial charge in [0.1, 0.15) is 0 Å². The summed E-state index contributed by atoms with van der Waals surface area (Å²) in [5, 5.41) is 7.45. The van der Waals surface area contributed by atoms with E-state index in [1.54, 1.807) is 24.3 Å². The molecule has 4 amide bonds. The molecular formula is C14H22ClN5O3. The fraction of sp³-hybridized carbons (Fsp3) is 0.357. The van der Waals surface area contributed by atoms with Crippen LogP contribution in [0.25, 0.3) is 0 Å². The molecule has 0 aromatic heterocycles. The average molecular weight is 344 g/mol. The molecule has 1 aromatic carbocycles. The first-order valence-corrected chi connectivity index (χ1v) is 6.79. The third kappa shape index (κ3) is 7.48. The highest BCUT2D eigenvalue weighted by atomic mass is 35.5. The van der Waals surface area contributed by atoms with Crippen LogP contribution >= 0.6 is 12.4 Å². The Labute approximate surface area is 140 Å². The summed E-state index contributed by atoms with van der Waals surface area (Å²) >= 11 is 0.